The van der Waals surface area contributed by atoms with Gasteiger partial charge in [-0.15, -0.1) is 0 Å². The lowest BCUT2D eigenvalue weighted by Gasteiger charge is -2.06. The zero-order chi connectivity index (χ0) is 18.9. The summed E-state index contributed by atoms with van der Waals surface area (Å²) in [6.45, 7) is 1.69. The van der Waals surface area contributed by atoms with Crippen molar-refractivity contribution in [2.75, 3.05) is 32.6 Å². The van der Waals surface area contributed by atoms with E-state index in [1.807, 2.05) is 22.8 Å². The molecule has 1 heterocycles. The van der Waals surface area contributed by atoms with Crippen LogP contribution in [0.3, 0.4) is 0 Å². The number of para-hydroxylation sites is 1. The van der Waals surface area contributed by atoms with E-state index in [0.29, 0.717) is 43.0 Å². The maximum atomic E-state index is 12.2. The van der Waals surface area contributed by atoms with Gasteiger partial charge in [0.2, 0.25) is 0 Å². The van der Waals surface area contributed by atoms with Crippen LogP contribution in [0.5, 0.6) is 0 Å². The summed E-state index contributed by atoms with van der Waals surface area (Å²) in [5, 5.41) is 0.697. The molecule has 0 saturated heterocycles. The number of carbonyl (C=O) groups excluding carboxylic acids is 2. The molecule has 0 unspecified atom stereocenters. The van der Waals surface area contributed by atoms with Crippen LogP contribution < -0.4 is 0 Å². The average Bonchev–Trinajstić information content (AvgIpc) is 3.01. The molecule has 1 aromatic carbocycles. The quantitative estimate of drug-likeness (QED) is 0.152. The fraction of sp³-hybridized carbons (Fsp3) is 0.375. The molecule has 2 aromatic rings. The van der Waals surface area contributed by atoms with Gasteiger partial charge in [-0.1, -0.05) is 18.2 Å². The number of nitrogens with zero attached hydrogens (tertiary/aromatic N) is 1. The van der Waals surface area contributed by atoms with Gasteiger partial charge in [-0.3, -0.25) is 4.79 Å². The Morgan fingerprint density at radius 3 is 3.00 bits per heavy atom. The van der Waals surface area contributed by atoms with Crippen LogP contribution in [0.4, 0.5) is 0 Å². The summed E-state index contributed by atoms with van der Waals surface area (Å²) in [4.78, 5) is 23.7. The lowest BCUT2D eigenvalue weighted by Crippen LogP contribution is -2.15. The SMILES string of the molecule is [2H]B([3H])CSOCCOCCn1cc(C(=O)C(=O)OC)c2ccccc21. The third-order valence-electron chi connectivity index (χ3n) is 3.34. The molecule has 0 fully saturated rings. The molecule has 0 aliphatic heterocycles. The molecule has 1 aromatic heterocycles. The number of ether oxygens (including phenoxy) is 2. The van der Waals surface area contributed by atoms with Crippen molar-refractivity contribution < 1.29 is 23.2 Å². The molecule has 0 saturated carbocycles. The van der Waals surface area contributed by atoms with E-state index in [1.165, 1.54) is 7.11 Å². The zero-order valence-electron chi connectivity index (χ0n) is 15.4. The summed E-state index contributed by atoms with van der Waals surface area (Å²) < 4.78 is 31.2. The van der Waals surface area contributed by atoms with Gasteiger partial charge in [0.15, 0.2) is 0 Å². The van der Waals surface area contributed by atoms with Crippen LogP contribution in [0.2, 0.25) is 0 Å². The first kappa shape index (κ1) is 15.7. The number of rotatable bonds is 11. The summed E-state index contributed by atoms with van der Waals surface area (Å²) in [5.41, 5.74) is 1.45. The molecule has 0 radical (unpaired) electrons. The van der Waals surface area contributed by atoms with Crippen molar-refractivity contribution in [1.82, 2.24) is 4.57 Å². The number of hydrogen-bond acceptors (Lipinski definition) is 6. The molecule has 24 heavy (non-hydrogen) atoms. The molecule has 2 rings (SSSR count). The number of methoxy groups -OCH3 is 1. The van der Waals surface area contributed by atoms with Gasteiger partial charge in [0.25, 0.3) is 5.78 Å². The topological polar surface area (TPSA) is 66.8 Å². The Morgan fingerprint density at radius 1 is 1.38 bits per heavy atom. The zero-order valence-corrected chi connectivity index (χ0v) is 14.2. The summed E-state index contributed by atoms with van der Waals surface area (Å²) in [5.74, 6) is -1.56. The second-order valence-corrected chi connectivity index (χ2v) is 5.60. The summed E-state index contributed by atoms with van der Waals surface area (Å²) in [6, 6.07) is 7.34. The van der Waals surface area contributed by atoms with E-state index in [-0.39, 0.29) is 0 Å². The van der Waals surface area contributed by atoms with Crippen LogP contribution in [0.25, 0.3) is 10.9 Å². The van der Waals surface area contributed by atoms with Gasteiger partial charge in [-0.2, -0.15) is 0 Å². The number of esters is 1. The van der Waals surface area contributed by atoms with Crippen molar-refractivity contribution >= 4 is 42.5 Å². The Morgan fingerprint density at radius 2 is 2.21 bits per heavy atom. The number of Topliss-reactive ketones (excluding diaryl/α,β-unsaturated/α-hetero) is 1. The normalized spacial score (nSPS) is 11.9. The van der Waals surface area contributed by atoms with E-state index in [1.54, 1.807) is 12.3 Å². The van der Waals surface area contributed by atoms with Crippen molar-refractivity contribution in [3.05, 3.63) is 36.0 Å². The number of ketones is 1. The second-order valence-electron chi connectivity index (χ2n) is 4.79. The second kappa shape index (κ2) is 9.51. The molecule has 128 valence electrons. The van der Waals surface area contributed by atoms with Gasteiger partial charge in [0, 0.05) is 23.6 Å². The van der Waals surface area contributed by atoms with Crippen LogP contribution in [0, 0.1) is 0 Å². The highest BCUT2D eigenvalue weighted by Gasteiger charge is 2.21. The van der Waals surface area contributed by atoms with Gasteiger partial charge >= 0.3 is 5.97 Å². The molecular formula is C16H20BNO5S. The Bertz CT molecular complexity index is 755. The maximum Gasteiger partial charge on any atom is 0.379 e. The third-order valence-corrected chi connectivity index (χ3v) is 3.81. The van der Waals surface area contributed by atoms with Crippen LogP contribution in [-0.2, 0) is 25.0 Å². The Labute approximate surface area is 148 Å². The Kier molecular flexibility index (Phi) is 6.24. The van der Waals surface area contributed by atoms with E-state index >= 15 is 0 Å². The highest BCUT2D eigenvalue weighted by Crippen LogP contribution is 2.22. The Hall–Kier alpha value is -1.77. The fourth-order valence-electron chi connectivity index (χ4n) is 2.28. The minimum atomic E-state index is -0.898. The number of carbonyl (C=O) groups is 2. The van der Waals surface area contributed by atoms with E-state index in [9.17, 15) is 9.59 Å². The molecule has 8 heteroatoms. The molecule has 0 aliphatic rings. The Balaban J connectivity index is 1.90. The fourth-order valence-corrected chi connectivity index (χ4v) is 2.56. The molecular weight excluding hydrogens is 329 g/mol. The van der Waals surface area contributed by atoms with Gasteiger partial charge in [-0.25, -0.2) is 4.79 Å². The summed E-state index contributed by atoms with van der Waals surface area (Å²) in [6.07, 6.45) is 1.64. The largest absolute Gasteiger partial charge is 0.463 e. The lowest BCUT2D eigenvalue weighted by molar-refractivity contribution is -0.135. The van der Waals surface area contributed by atoms with Crippen molar-refractivity contribution in [3.63, 3.8) is 0 Å². The molecule has 0 bridgehead atoms. The standard InChI is InChI=1S/C16H20BNO5S/c1-21-16(20)15(19)13-10-18(14-5-3-2-4-12(13)14)6-7-22-8-9-23-24-11-17/h2-5,10H,6-9,11,17H2,1H3/i17TD. The van der Waals surface area contributed by atoms with Crippen molar-refractivity contribution in [2.45, 2.75) is 6.54 Å². The summed E-state index contributed by atoms with van der Waals surface area (Å²) in [7, 11) is 0.284. The highest BCUT2D eigenvalue weighted by molar-refractivity contribution is 7.95. The highest BCUT2D eigenvalue weighted by atomic mass is 32.2. The summed E-state index contributed by atoms with van der Waals surface area (Å²) >= 11 is 1.09. The van der Waals surface area contributed by atoms with E-state index in [4.69, 9.17) is 11.6 Å². The minimum Gasteiger partial charge on any atom is -0.463 e. The van der Waals surface area contributed by atoms with Crippen LogP contribution in [0.1, 0.15) is 10.4 Å². The predicted molar refractivity (Wildman–Crippen MR) is 96.1 cm³/mol. The van der Waals surface area contributed by atoms with Crippen molar-refractivity contribution in [1.29, 1.82) is 2.67 Å². The number of hydrogen-bond donors (Lipinski definition) is 0. The molecule has 0 aliphatic carbocycles. The third kappa shape index (κ3) is 4.62. The first-order valence-corrected chi connectivity index (χ1v) is 8.32. The average molecular weight is 352 g/mol. The number of aromatic nitrogens is 1. The van der Waals surface area contributed by atoms with Crippen LogP contribution in [-0.4, -0.2) is 59.3 Å². The monoisotopic (exact) mass is 352 g/mol. The van der Waals surface area contributed by atoms with Crippen LogP contribution >= 0.6 is 12.0 Å². The van der Waals surface area contributed by atoms with Gasteiger partial charge in [-0.05, 0) is 26.4 Å². The molecule has 0 N–H and O–H groups in total. The molecule has 6 nitrogen and oxygen atoms in total. The first-order valence-electron chi connectivity index (χ1n) is 8.57. The molecule has 0 atom stereocenters. The molecule has 0 spiro atoms. The van der Waals surface area contributed by atoms with Gasteiger partial charge in [0.1, 0.15) is 7.77 Å². The van der Waals surface area contributed by atoms with E-state index in [2.05, 4.69) is 4.74 Å². The van der Waals surface area contributed by atoms with E-state index < -0.39 is 19.5 Å². The predicted octanol–water partition coefficient (Wildman–Crippen LogP) is 1.27. The number of benzene rings is 1. The maximum absolute atomic E-state index is 12.2. The lowest BCUT2D eigenvalue weighted by atomic mass is 10.1. The minimum absolute atomic E-state index is 0.298. The van der Waals surface area contributed by atoms with Crippen molar-refractivity contribution in [2.24, 2.45) is 0 Å². The van der Waals surface area contributed by atoms with E-state index in [0.717, 1.165) is 17.6 Å². The van der Waals surface area contributed by atoms with Gasteiger partial charge < -0.3 is 18.2 Å². The van der Waals surface area contributed by atoms with Gasteiger partial charge in [0.05, 0.1) is 32.5 Å². The van der Waals surface area contributed by atoms with Crippen molar-refractivity contribution in [3.8, 4) is 0 Å². The smallest absolute Gasteiger partial charge is 0.379 e. The molecule has 0 amide bonds. The number of fused-ring (bicyclic) bond motifs is 1. The first-order chi connectivity index (χ1) is 12.5. The van der Waals surface area contributed by atoms with Crippen LogP contribution in [0.15, 0.2) is 30.5 Å².